The number of carbonyl (C=O) groups excluding carboxylic acids is 1. The highest BCUT2D eigenvalue weighted by Crippen LogP contribution is 2.21. The predicted octanol–water partition coefficient (Wildman–Crippen LogP) is 4.49. The molecule has 27 heavy (non-hydrogen) atoms. The third-order valence-electron chi connectivity index (χ3n) is 3.42. The smallest absolute Gasteiger partial charge is 0.311 e. The van der Waals surface area contributed by atoms with E-state index in [1.165, 1.54) is 11.3 Å². The van der Waals surface area contributed by atoms with Crippen molar-refractivity contribution in [1.82, 2.24) is 4.98 Å². The SMILES string of the molecule is CCOC(=O)Cc1csc(NN=Cc2ccc(Oc3ccccc3)cc2)n1. The number of hydrogen-bond donors (Lipinski definition) is 1. The summed E-state index contributed by atoms with van der Waals surface area (Å²) in [6.07, 6.45) is 1.86. The Morgan fingerprint density at radius 1 is 1.15 bits per heavy atom. The maximum atomic E-state index is 11.4. The third kappa shape index (κ3) is 5.93. The molecule has 0 fully saturated rings. The van der Waals surface area contributed by atoms with Crippen LogP contribution in [-0.4, -0.2) is 23.8 Å². The van der Waals surface area contributed by atoms with E-state index in [0.717, 1.165) is 17.1 Å². The van der Waals surface area contributed by atoms with Gasteiger partial charge in [0, 0.05) is 5.38 Å². The van der Waals surface area contributed by atoms with Crippen LogP contribution in [0.25, 0.3) is 0 Å². The predicted molar refractivity (Wildman–Crippen MR) is 107 cm³/mol. The zero-order chi connectivity index (χ0) is 18.9. The van der Waals surface area contributed by atoms with Gasteiger partial charge in [0.2, 0.25) is 5.13 Å². The van der Waals surface area contributed by atoms with Crippen LogP contribution in [0.3, 0.4) is 0 Å². The first-order valence-electron chi connectivity index (χ1n) is 8.45. The molecule has 0 radical (unpaired) electrons. The number of aromatic nitrogens is 1. The van der Waals surface area contributed by atoms with Crippen LogP contribution in [-0.2, 0) is 16.0 Å². The van der Waals surface area contributed by atoms with E-state index in [1.54, 1.807) is 13.1 Å². The number of nitrogens with zero attached hydrogens (tertiary/aromatic N) is 2. The Hall–Kier alpha value is -3.19. The monoisotopic (exact) mass is 381 g/mol. The second-order valence-electron chi connectivity index (χ2n) is 5.48. The molecule has 0 unspecified atom stereocenters. The Bertz CT molecular complexity index is 892. The van der Waals surface area contributed by atoms with Gasteiger partial charge in [-0.05, 0) is 48.9 Å². The van der Waals surface area contributed by atoms with E-state index in [4.69, 9.17) is 9.47 Å². The van der Waals surface area contributed by atoms with Crippen molar-refractivity contribution < 1.29 is 14.3 Å². The molecule has 6 nitrogen and oxygen atoms in total. The molecule has 2 aromatic carbocycles. The summed E-state index contributed by atoms with van der Waals surface area (Å²) in [4.78, 5) is 15.7. The number of thiazole rings is 1. The molecule has 0 aliphatic rings. The molecule has 1 aromatic heterocycles. The normalized spacial score (nSPS) is 10.7. The molecule has 7 heteroatoms. The number of rotatable bonds is 8. The number of para-hydroxylation sites is 1. The number of ether oxygens (including phenoxy) is 2. The molecule has 3 rings (SSSR count). The molecular weight excluding hydrogens is 362 g/mol. The molecule has 0 amide bonds. The maximum Gasteiger partial charge on any atom is 0.311 e. The van der Waals surface area contributed by atoms with Crippen LogP contribution in [0.4, 0.5) is 5.13 Å². The summed E-state index contributed by atoms with van der Waals surface area (Å²) in [5.74, 6) is 1.27. The van der Waals surface area contributed by atoms with Gasteiger partial charge in [0.15, 0.2) is 0 Å². The van der Waals surface area contributed by atoms with E-state index in [1.807, 2.05) is 60.0 Å². The fourth-order valence-corrected chi connectivity index (χ4v) is 2.87. The van der Waals surface area contributed by atoms with Gasteiger partial charge < -0.3 is 9.47 Å². The fourth-order valence-electron chi connectivity index (χ4n) is 2.21. The molecule has 0 aliphatic heterocycles. The number of anilines is 1. The van der Waals surface area contributed by atoms with Crippen molar-refractivity contribution in [2.24, 2.45) is 5.10 Å². The van der Waals surface area contributed by atoms with E-state index in [-0.39, 0.29) is 12.4 Å². The fraction of sp³-hybridized carbons (Fsp3) is 0.150. The molecular formula is C20H19N3O3S. The van der Waals surface area contributed by atoms with Gasteiger partial charge in [-0.2, -0.15) is 5.10 Å². The van der Waals surface area contributed by atoms with Gasteiger partial charge in [-0.15, -0.1) is 11.3 Å². The van der Waals surface area contributed by atoms with E-state index < -0.39 is 0 Å². The Labute approximate surface area is 161 Å². The van der Waals surface area contributed by atoms with E-state index in [0.29, 0.717) is 17.4 Å². The first-order chi connectivity index (χ1) is 13.2. The Balaban J connectivity index is 1.51. The van der Waals surface area contributed by atoms with Crippen LogP contribution in [0.5, 0.6) is 11.5 Å². The average molecular weight is 381 g/mol. The van der Waals surface area contributed by atoms with Crippen LogP contribution in [0.2, 0.25) is 0 Å². The zero-order valence-corrected chi connectivity index (χ0v) is 15.6. The first kappa shape index (κ1) is 18.6. The van der Waals surface area contributed by atoms with Crippen LogP contribution < -0.4 is 10.2 Å². The lowest BCUT2D eigenvalue weighted by Gasteiger charge is -2.05. The maximum absolute atomic E-state index is 11.4. The summed E-state index contributed by atoms with van der Waals surface area (Å²) in [5, 5.41) is 6.60. The number of carbonyl (C=O) groups is 1. The molecule has 3 aromatic rings. The molecule has 1 N–H and O–H groups in total. The molecule has 0 atom stereocenters. The lowest BCUT2D eigenvalue weighted by Crippen LogP contribution is -2.07. The molecule has 0 bridgehead atoms. The van der Waals surface area contributed by atoms with Crippen molar-refractivity contribution >= 4 is 28.7 Å². The van der Waals surface area contributed by atoms with Gasteiger partial charge in [0.05, 0.1) is 24.9 Å². The topological polar surface area (TPSA) is 72.8 Å². The zero-order valence-electron chi connectivity index (χ0n) is 14.8. The lowest BCUT2D eigenvalue weighted by atomic mass is 10.2. The van der Waals surface area contributed by atoms with Gasteiger partial charge in [0.1, 0.15) is 11.5 Å². The molecule has 0 saturated heterocycles. The lowest BCUT2D eigenvalue weighted by molar-refractivity contribution is -0.142. The largest absolute Gasteiger partial charge is 0.466 e. The summed E-state index contributed by atoms with van der Waals surface area (Å²) in [7, 11) is 0. The number of nitrogens with one attached hydrogen (secondary N) is 1. The van der Waals surface area contributed by atoms with Crippen molar-refractivity contribution in [2.45, 2.75) is 13.3 Å². The summed E-state index contributed by atoms with van der Waals surface area (Å²) in [6, 6.07) is 17.2. The Kier molecular flexibility index (Phi) is 6.54. The van der Waals surface area contributed by atoms with Crippen LogP contribution in [0.1, 0.15) is 18.2 Å². The molecule has 1 heterocycles. The molecule has 0 aliphatic carbocycles. The van der Waals surface area contributed by atoms with Crippen molar-refractivity contribution in [3.63, 3.8) is 0 Å². The van der Waals surface area contributed by atoms with Crippen LogP contribution in [0, 0.1) is 0 Å². The number of hydrazone groups is 1. The second-order valence-corrected chi connectivity index (χ2v) is 6.34. The van der Waals surface area contributed by atoms with Crippen LogP contribution in [0.15, 0.2) is 65.1 Å². The molecule has 138 valence electrons. The molecule has 0 spiro atoms. The van der Waals surface area contributed by atoms with Gasteiger partial charge >= 0.3 is 5.97 Å². The summed E-state index contributed by atoms with van der Waals surface area (Å²) >= 11 is 1.38. The van der Waals surface area contributed by atoms with E-state index in [9.17, 15) is 4.79 Å². The highest BCUT2D eigenvalue weighted by molar-refractivity contribution is 7.13. The summed E-state index contributed by atoms with van der Waals surface area (Å²) in [6.45, 7) is 2.15. The average Bonchev–Trinajstić information content (AvgIpc) is 3.11. The van der Waals surface area contributed by atoms with Gasteiger partial charge in [-0.25, -0.2) is 4.98 Å². The standard InChI is InChI=1S/C20H19N3O3S/c1-2-25-19(24)12-16-14-27-20(22-16)23-21-13-15-8-10-18(11-9-15)26-17-6-4-3-5-7-17/h3-11,13-14H,2,12H2,1H3,(H,22,23). The minimum atomic E-state index is -0.282. The van der Waals surface area contributed by atoms with Crippen LogP contribution >= 0.6 is 11.3 Å². The van der Waals surface area contributed by atoms with Gasteiger partial charge in [-0.1, -0.05) is 18.2 Å². The van der Waals surface area contributed by atoms with Gasteiger partial charge in [0.25, 0.3) is 0 Å². The number of hydrogen-bond acceptors (Lipinski definition) is 7. The first-order valence-corrected chi connectivity index (χ1v) is 9.33. The minimum absolute atomic E-state index is 0.165. The highest BCUT2D eigenvalue weighted by atomic mass is 32.1. The highest BCUT2D eigenvalue weighted by Gasteiger charge is 2.07. The van der Waals surface area contributed by atoms with E-state index in [2.05, 4.69) is 15.5 Å². The van der Waals surface area contributed by atoms with Crippen molar-refractivity contribution in [3.05, 3.63) is 71.2 Å². The van der Waals surface area contributed by atoms with Crippen molar-refractivity contribution in [1.29, 1.82) is 0 Å². The van der Waals surface area contributed by atoms with E-state index >= 15 is 0 Å². The van der Waals surface area contributed by atoms with Crippen molar-refractivity contribution in [2.75, 3.05) is 12.0 Å². The Morgan fingerprint density at radius 3 is 2.63 bits per heavy atom. The third-order valence-corrected chi connectivity index (χ3v) is 4.21. The quantitative estimate of drug-likeness (QED) is 0.354. The minimum Gasteiger partial charge on any atom is -0.466 e. The Morgan fingerprint density at radius 2 is 1.89 bits per heavy atom. The molecule has 0 saturated carbocycles. The summed E-state index contributed by atoms with van der Waals surface area (Å²) in [5.41, 5.74) is 4.45. The number of benzene rings is 2. The second kappa shape index (κ2) is 9.49. The summed E-state index contributed by atoms with van der Waals surface area (Å²) < 4.78 is 10.7. The van der Waals surface area contributed by atoms with Crippen molar-refractivity contribution in [3.8, 4) is 11.5 Å². The number of esters is 1. The van der Waals surface area contributed by atoms with Gasteiger partial charge in [-0.3, -0.25) is 10.2 Å².